The van der Waals surface area contributed by atoms with Gasteiger partial charge in [-0.1, -0.05) is 11.6 Å². The monoisotopic (exact) mass is 336 g/mol. The maximum absolute atomic E-state index is 12.2. The molecule has 0 spiro atoms. The lowest BCUT2D eigenvalue weighted by molar-refractivity contribution is -0.385. The van der Waals surface area contributed by atoms with Crippen LogP contribution in [0.4, 0.5) is 5.69 Å². The second-order valence-corrected chi connectivity index (χ2v) is 6.43. The van der Waals surface area contributed by atoms with Gasteiger partial charge in [-0.15, -0.1) is 0 Å². The van der Waals surface area contributed by atoms with Crippen molar-refractivity contribution in [3.63, 3.8) is 0 Å². The predicted molar refractivity (Wildman–Crippen MR) is 73.9 cm³/mol. The Labute approximate surface area is 126 Å². The van der Waals surface area contributed by atoms with Crippen molar-refractivity contribution < 1.29 is 22.8 Å². The molecule has 1 N–H and O–H groups in total. The predicted octanol–water partition coefficient (Wildman–Crippen LogP) is 0.942. The van der Waals surface area contributed by atoms with Gasteiger partial charge in [-0.25, -0.2) is 13.1 Å². The molecule has 1 aromatic rings. The number of hydrogen-bond acceptors (Lipinski definition) is 6. The Balaban J connectivity index is 2.14. The first-order chi connectivity index (χ1) is 9.90. The molecule has 1 aliphatic rings. The van der Waals surface area contributed by atoms with E-state index in [4.69, 9.17) is 21.1 Å². The summed E-state index contributed by atoms with van der Waals surface area (Å²) in [5.74, 6) is 0. The van der Waals surface area contributed by atoms with Crippen LogP contribution < -0.4 is 4.72 Å². The zero-order valence-corrected chi connectivity index (χ0v) is 12.4. The standard InChI is InChI=1S/C11H13ClN2O6S/c12-10-2-1-8(14(15)16)5-11(10)21(17,18)13-6-9-7-19-3-4-20-9/h1-2,5,9,13H,3-4,6-7H2. The first-order valence-electron chi connectivity index (χ1n) is 6.03. The molecule has 2 rings (SSSR count). The highest BCUT2D eigenvalue weighted by Crippen LogP contribution is 2.26. The van der Waals surface area contributed by atoms with E-state index in [1.165, 1.54) is 6.07 Å². The van der Waals surface area contributed by atoms with Crippen LogP contribution >= 0.6 is 11.6 Å². The lowest BCUT2D eigenvalue weighted by Gasteiger charge is -2.23. The Morgan fingerprint density at radius 1 is 1.43 bits per heavy atom. The number of nitrogens with one attached hydrogen (secondary N) is 1. The molecule has 10 heteroatoms. The van der Waals surface area contributed by atoms with Crippen LogP contribution in [0.3, 0.4) is 0 Å². The second-order valence-electron chi connectivity index (χ2n) is 4.29. The number of hydrogen-bond donors (Lipinski definition) is 1. The highest BCUT2D eigenvalue weighted by atomic mass is 35.5. The lowest BCUT2D eigenvalue weighted by Crippen LogP contribution is -2.39. The number of sulfonamides is 1. The van der Waals surface area contributed by atoms with Gasteiger partial charge in [-0.2, -0.15) is 0 Å². The summed E-state index contributed by atoms with van der Waals surface area (Å²) >= 11 is 5.81. The fourth-order valence-corrected chi connectivity index (χ4v) is 3.33. The van der Waals surface area contributed by atoms with E-state index in [1.54, 1.807) is 0 Å². The minimum absolute atomic E-state index is 0.00134. The van der Waals surface area contributed by atoms with Crippen molar-refractivity contribution >= 4 is 27.3 Å². The van der Waals surface area contributed by atoms with Gasteiger partial charge < -0.3 is 9.47 Å². The molecule has 0 aliphatic carbocycles. The number of halogens is 1. The van der Waals surface area contributed by atoms with Crippen LogP contribution in [-0.4, -0.2) is 45.8 Å². The van der Waals surface area contributed by atoms with Gasteiger partial charge in [0, 0.05) is 18.7 Å². The molecule has 116 valence electrons. The summed E-state index contributed by atoms with van der Waals surface area (Å²) in [7, 11) is -3.97. The van der Waals surface area contributed by atoms with Crippen LogP contribution in [0.1, 0.15) is 0 Å². The smallest absolute Gasteiger partial charge is 0.270 e. The van der Waals surface area contributed by atoms with Gasteiger partial charge in [0.1, 0.15) is 4.90 Å². The molecule has 0 bridgehead atoms. The summed E-state index contributed by atoms with van der Waals surface area (Å²) in [5, 5.41) is 10.6. The van der Waals surface area contributed by atoms with Crippen molar-refractivity contribution in [2.45, 2.75) is 11.0 Å². The molecule has 8 nitrogen and oxygen atoms in total. The molecule has 0 radical (unpaired) electrons. The quantitative estimate of drug-likeness (QED) is 0.633. The van der Waals surface area contributed by atoms with Gasteiger partial charge in [0.25, 0.3) is 5.69 Å². The normalized spacial score (nSPS) is 19.4. The minimum atomic E-state index is -3.97. The lowest BCUT2D eigenvalue weighted by atomic mass is 10.3. The van der Waals surface area contributed by atoms with E-state index in [9.17, 15) is 18.5 Å². The number of ether oxygens (including phenoxy) is 2. The fraction of sp³-hybridized carbons (Fsp3) is 0.455. The number of nitro groups is 1. The molecule has 0 amide bonds. The zero-order valence-electron chi connectivity index (χ0n) is 10.8. The average molecular weight is 337 g/mol. The van der Waals surface area contributed by atoms with Crippen molar-refractivity contribution in [3.8, 4) is 0 Å². The molecule has 1 atom stereocenters. The summed E-state index contributed by atoms with van der Waals surface area (Å²) in [6.45, 7) is 1.15. The van der Waals surface area contributed by atoms with Crippen molar-refractivity contribution in [1.82, 2.24) is 4.72 Å². The number of non-ortho nitro benzene ring substituents is 1. The van der Waals surface area contributed by atoms with Gasteiger partial charge in [0.2, 0.25) is 10.0 Å². The van der Waals surface area contributed by atoms with Crippen LogP contribution in [0.25, 0.3) is 0 Å². The van der Waals surface area contributed by atoms with Crippen LogP contribution in [0.15, 0.2) is 23.1 Å². The molecule has 1 aromatic carbocycles. The summed E-state index contributed by atoms with van der Waals surface area (Å²) in [4.78, 5) is 9.68. The Morgan fingerprint density at radius 2 is 2.19 bits per heavy atom. The van der Waals surface area contributed by atoms with Gasteiger partial charge in [-0.3, -0.25) is 10.1 Å². The SMILES string of the molecule is O=[N+]([O-])c1ccc(Cl)c(S(=O)(=O)NCC2COCCO2)c1. The first-order valence-corrected chi connectivity index (χ1v) is 7.89. The number of rotatable bonds is 5. The molecule has 1 unspecified atom stereocenters. The molecule has 1 saturated heterocycles. The highest BCUT2D eigenvalue weighted by Gasteiger charge is 2.23. The number of benzene rings is 1. The molecule has 0 aromatic heterocycles. The van der Waals surface area contributed by atoms with Crippen molar-refractivity contribution in [1.29, 1.82) is 0 Å². The van der Waals surface area contributed by atoms with Crippen LogP contribution in [0.2, 0.25) is 5.02 Å². The molecule has 1 fully saturated rings. The summed E-state index contributed by atoms with van der Waals surface area (Å²) in [5.41, 5.74) is -0.350. The minimum Gasteiger partial charge on any atom is -0.376 e. The maximum atomic E-state index is 12.2. The third-order valence-corrected chi connectivity index (χ3v) is 4.71. The van der Waals surface area contributed by atoms with E-state index in [0.29, 0.717) is 13.2 Å². The van der Waals surface area contributed by atoms with E-state index >= 15 is 0 Å². The zero-order chi connectivity index (χ0) is 15.5. The van der Waals surface area contributed by atoms with E-state index < -0.39 is 21.1 Å². The number of nitro benzene ring substituents is 1. The fourth-order valence-electron chi connectivity index (χ4n) is 1.75. The summed E-state index contributed by atoms with van der Waals surface area (Å²) in [6.07, 6.45) is -0.397. The highest BCUT2D eigenvalue weighted by molar-refractivity contribution is 7.89. The van der Waals surface area contributed by atoms with Crippen LogP contribution in [0, 0.1) is 10.1 Å². The molecular weight excluding hydrogens is 324 g/mol. The Bertz CT molecular complexity index is 630. The molecule has 1 aliphatic heterocycles. The van der Waals surface area contributed by atoms with Crippen LogP contribution in [0.5, 0.6) is 0 Å². The van der Waals surface area contributed by atoms with E-state index in [0.717, 1.165) is 12.1 Å². The molecule has 1 heterocycles. The topological polar surface area (TPSA) is 108 Å². The average Bonchev–Trinajstić information content (AvgIpc) is 2.46. The van der Waals surface area contributed by atoms with Gasteiger partial charge in [0.15, 0.2) is 0 Å². The maximum Gasteiger partial charge on any atom is 0.270 e. The van der Waals surface area contributed by atoms with E-state index in [-0.39, 0.29) is 28.8 Å². The third-order valence-electron chi connectivity index (χ3n) is 2.80. The van der Waals surface area contributed by atoms with Gasteiger partial charge in [-0.05, 0) is 6.07 Å². The first kappa shape index (κ1) is 16.1. The Hall–Kier alpha value is -1.26. The van der Waals surface area contributed by atoms with E-state index in [1.807, 2.05) is 0 Å². The van der Waals surface area contributed by atoms with Crippen LogP contribution in [-0.2, 0) is 19.5 Å². The Kier molecular flexibility index (Phi) is 5.12. The summed E-state index contributed by atoms with van der Waals surface area (Å²) < 4.78 is 37.1. The van der Waals surface area contributed by atoms with Gasteiger partial charge in [0.05, 0.1) is 35.9 Å². The molecule has 0 saturated carbocycles. The van der Waals surface area contributed by atoms with Crippen molar-refractivity contribution in [2.24, 2.45) is 0 Å². The van der Waals surface area contributed by atoms with Crippen molar-refractivity contribution in [2.75, 3.05) is 26.4 Å². The Morgan fingerprint density at radius 3 is 2.81 bits per heavy atom. The third kappa shape index (κ3) is 4.11. The summed E-state index contributed by atoms with van der Waals surface area (Å²) in [6, 6.07) is 3.23. The second kappa shape index (κ2) is 6.67. The number of nitrogens with zero attached hydrogens (tertiary/aromatic N) is 1. The molecular formula is C11H13ClN2O6S. The molecule has 21 heavy (non-hydrogen) atoms. The van der Waals surface area contributed by atoms with Gasteiger partial charge >= 0.3 is 0 Å². The van der Waals surface area contributed by atoms with Crippen molar-refractivity contribution in [3.05, 3.63) is 33.3 Å². The van der Waals surface area contributed by atoms with E-state index in [2.05, 4.69) is 4.72 Å². The largest absolute Gasteiger partial charge is 0.376 e.